The minimum Gasteiger partial charge on any atom is -0.268 e. The number of hydrogen-bond acceptors (Lipinski definition) is 1. The van der Waals surface area contributed by atoms with Gasteiger partial charge in [0.05, 0.1) is 11.7 Å². The van der Waals surface area contributed by atoms with Crippen LogP contribution in [0.1, 0.15) is 25.3 Å². The van der Waals surface area contributed by atoms with Crippen molar-refractivity contribution in [2.24, 2.45) is 7.05 Å². The Bertz CT molecular complexity index is 471. The van der Waals surface area contributed by atoms with Crippen LogP contribution in [-0.2, 0) is 7.05 Å². The minimum atomic E-state index is 0.571. The van der Waals surface area contributed by atoms with Gasteiger partial charge in [-0.2, -0.15) is 5.10 Å². The molecule has 2 aromatic rings. The number of fused-ring (bicyclic) bond motifs is 1. The zero-order chi connectivity index (χ0) is 10.3. The van der Waals surface area contributed by atoms with Crippen LogP contribution in [0.25, 0.3) is 10.9 Å². The molecule has 0 fully saturated rings. The Balaban J connectivity index is 2.74. The quantitative estimate of drug-likeness (QED) is 0.739. The highest BCUT2D eigenvalue weighted by Gasteiger charge is 2.08. The molecule has 0 bridgehead atoms. The van der Waals surface area contributed by atoms with Gasteiger partial charge in [0.15, 0.2) is 0 Å². The van der Waals surface area contributed by atoms with Crippen molar-refractivity contribution >= 4 is 33.5 Å². The summed E-state index contributed by atoms with van der Waals surface area (Å²) in [6, 6.07) is 4.45. The topological polar surface area (TPSA) is 17.8 Å². The summed E-state index contributed by atoms with van der Waals surface area (Å²) in [5, 5.41) is 5.47. The molecular formula is C11H13IN2. The van der Waals surface area contributed by atoms with Crippen LogP contribution in [0.3, 0.4) is 0 Å². The van der Waals surface area contributed by atoms with Crippen LogP contribution in [0, 0.1) is 3.57 Å². The summed E-state index contributed by atoms with van der Waals surface area (Å²) in [5.74, 6) is 0.571. The summed E-state index contributed by atoms with van der Waals surface area (Å²) in [7, 11) is 1.99. The van der Waals surface area contributed by atoms with Gasteiger partial charge in [-0.05, 0) is 46.2 Å². The van der Waals surface area contributed by atoms with E-state index in [1.807, 2.05) is 17.9 Å². The van der Waals surface area contributed by atoms with Crippen LogP contribution in [0.4, 0.5) is 0 Å². The maximum absolute atomic E-state index is 4.25. The lowest BCUT2D eigenvalue weighted by atomic mass is 10.0. The molecule has 0 N–H and O–H groups in total. The zero-order valence-corrected chi connectivity index (χ0v) is 10.7. The molecule has 2 nitrogen and oxygen atoms in total. The highest BCUT2D eigenvalue weighted by molar-refractivity contribution is 14.1. The molecule has 0 aliphatic carbocycles. The molecule has 0 amide bonds. The number of aryl methyl sites for hydroxylation is 1. The number of hydrogen-bond donors (Lipinski definition) is 0. The summed E-state index contributed by atoms with van der Waals surface area (Å²) in [6.07, 6.45) is 1.92. The monoisotopic (exact) mass is 300 g/mol. The van der Waals surface area contributed by atoms with Crippen molar-refractivity contribution in [2.45, 2.75) is 19.8 Å². The molecule has 0 spiro atoms. The van der Waals surface area contributed by atoms with Crippen LogP contribution in [0.2, 0.25) is 0 Å². The zero-order valence-electron chi connectivity index (χ0n) is 8.58. The van der Waals surface area contributed by atoms with Crippen LogP contribution in [0.15, 0.2) is 18.3 Å². The molecule has 0 unspecified atom stereocenters. The third kappa shape index (κ3) is 1.54. The second-order valence-corrected chi connectivity index (χ2v) is 5.02. The molecule has 1 heterocycles. The van der Waals surface area contributed by atoms with E-state index in [1.54, 1.807) is 0 Å². The smallest absolute Gasteiger partial charge is 0.0682 e. The fourth-order valence-electron chi connectivity index (χ4n) is 1.63. The summed E-state index contributed by atoms with van der Waals surface area (Å²) in [6.45, 7) is 4.44. The molecule has 3 heteroatoms. The molecule has 0 aliphatic heterocycles. The van der Waals surface area contributed by atoms with Crippen LogP contribution >= 0.6 is 22.6 Å². The second kappa shape index (κ2) is 3.53. The molecule has 74 valence electrons. The van der Waals surface area contributed by atoms with E-state index in [0.29, 0.717) is 5.92 Å². The van der Waals surface area contributed by atoms with Gasteiger partial charge in [-0.25, -0.2) is 0 Å². The fourth-order valence-corrected chi connectivity index (χ4v) is 2.74. The fraction of sp³-hybridized carbons (Fsp3) is 0.364. The Morgan fingerprint density at radius 3 is 2.71 bits per heavy atom. The normalized spacial score (nSPS) is 11.5. The maximum atomic E-state index is 4.25. The van der Waals surface area contributed by atoms with Crippen molar-refractivity contribution in [1.82, 2.24) is 9.78 Å². The van der Waals surface area contributed by atoms with Crippen LogP contribution < -0.4 is 0 Å². The molecular weight excluding hydrogens is 287 g/mol. The van der Waals surface area contributed by atoms with Crippen LogP contribution in [0.5, 0.6) is 0 Å². The van der Waals surface area contributed by atoms with Gasteiger partial charge in [0, 0.05) is 16.0 Å². The van der Waals surface area contributed by atoms with Gasteiger partial charge in [-0.15, -0.1) is 0 Å². The van der Waals surface area contributed by atoms with E-state index in [4.69, 9.17) is 0 Å². The van der Waals surface area contributed by atoms with E-state index in [1.165, 1.54) is 20.0 Å². The molecule has 14 heavy (non-hydrogen) atoms. The third-order valence-electron chi connectivity index (χ3n) is 2.49. The average Bonchev–Trinajstić information content (AvgIpc) is 2.46. The summed E-state index contributed by atoms with van der Waals surface area (Å²) >= 11 is 2.40. The van der Waals surface area contributed by atoms with E-state index >= 15 is 0 Å². The van der Waals surface area contributed by atoms with Gasteiger partial charge in [-0.3, -0.25) is 4.68 Å². The molecule has 2 rings (SSSR count). The van der Waals surface area contributed by atoms with Gasteiger partial charge in [0.1, 0.15) is 0 Å². The lowest BCUT2D eigenvalue weighted by molar-refractivity contribution is 0.793. The summed E-state index contributed by atoms with van der Waals surface area (Å²) < 4.78 is 3.26. The highest BCUT2D eigenvalue weighted by atomic mass is 127. The molecule has 0 aliphatic rings. The lowest BCUT2D eigenvalue weighted by Crippen LogP contribution is -1.94. The van der Waals surface area contributed by atoms with Gasteiger partial charge in [0.2, 0.25) is 0 Å². The molecule has 0 radical (unpaired) electrons. The number of benzene rings is 1. The Morgan fingerprint density at radius 2 is 2.07 bits per heavy atom. The predicted octanol–water partition coefficient (Wildman–Crippen LogP) is 3.30. The van der Waals surface area contributed by atoms with Crippen molar-refractivity contribution in [3.63, 3.8) is 0 Å². The number of aromatic nitrogens is 2. The Morgan fingerprint density at radius 1 is 1.36 bits per heavy atom. The SMILES string of the molecule is CC(C)c1cc2c(cnn2C)cc1I. The maximum Gasteiger partial charge on any atom is 0.0682 e. The second-order valence-electron chi connectivity index (χ2n) is 3.86. The first-order valence-corrected chi connectivity index (χ1v) is 5.78. The molecule has 0 saturated heterocycles. The van der Waals surface area contributed by atoms with E-state index in [0.717, 1.165) is 0 Å². The number of halogens is 1. The summed E-state index contributed by atoms with van der Waals surface area (Å²) in [5.41, 5.74) is 2.62. The van der Waals surface area contributed by atoms with Crippen molar-refractivity contribution in [3.05, 3.63) is 27.5 Å². The third-order valence-corrected chi connectivity index (χ3v) is 3.42. The first-order chi connectivity index (χ1) is 6.59. The minimum absolute atomic E-state index is 0.571. The van der Waals surface area contributed by atoms with Gasteiger partial charge >= 0.3 is 0 Å². The molecule has 0 atom stereocenters. The average molecular weight is 300 g/mol. The van der Waals surface area contributed by atoms with E-state index < -0.39 is 0 Å². The molecule has 0 saturated carbocycles. The van der Waals surface area contributed by atoms with Crippen molar-refractivity contribution < 1.29 is 0 Å². The Kier molecular flexibility index (Phi) is 2.51. The van der Waals surface area contributed by atoms with E-state index in [9.17, 15) is 0 Å². The van der Waals surface area contributed by atoms with Crippen molar-refractivity contribution in [3.8, 4) is 0 Å². The lowest BCUT2D eigenvalue weighted by Gasteiger charge is -2.08. The Hall–Kier alpha value is -0.580. The standard InChI is InChI=1S/C11H13IN2/c1-7(2)9-5-11-8(4-10(9)12)6-13-14(11)3/h4-7H,1-3H3. The largest absolute Gasteiger partial charge is 0.268 e. The number of nitrogens with zero attached hydrogens (tertiary/aromatic N) is 2. The van der Waals surface area contributed by atoms with Gasteiger partial charge in [-0.1, -0.05) is 13.8 Å². The van der Waals surface area contributed by atoms with Gasteiger partial charge < -0.3 is 0 Å². The van der Waals surface area contributed by atoms with E-state index in [2.05, 4.69) is 53.7 Å². The summed E-state index contributed by atoms with van der Waals surface area (Å²) in [4.78, 5) is 0. The van der Waals surface area contributed by atoms with Crippen LogP contribution in [-0.4, -0.2) is 9.78 Å². The first kappa shape index (κ1) is 9.96. The van der Waals surface area contributed by atoms with E-state index in [-0.39, 0.29) is 0 Å². The Labute approximate surface area is 97.4 Å². The molecule has 1 aromatic heterocycles. The molecule has 1 aromatic carbocycles. The predicted molar refractivity (Wildman–Crippen MR) is 67.5 cm³/mol. The highest BCUT2D eigenvalue weighted by Crippen LogP contribution is 2.26. The van der Waals surface area contributed by atoms with Gasteiger partial charge in [0.25, 0.3) is 0 Å². The first-order valence-electron chi connectivity index (χ1n) is 4.70. The number of rotatable bonds is 1. The van der Waals surface area contributed by atoms with Crippen molar-refractivity contribution in [2.75, 3.05) is 0 Å². The van der Waals surface area contributed by atoms with Crippen molar-refractivity contribution in [1.29, 1.82) is 0 Å².